The first kappa shape index (κ1) is 21.0. The molecule has 0 aromatic heterocycles. The summed E-state index contributed by atoms with van der Waals surface area (Å²) in [4.78, 5) is 24.5. The molecule has 1 atom stereocenters. The highest BCUT2D eigenvalue weighted by molar-refractivity contribution is 7.89. The lowest BCUT2D eigenvalue weighted by Gasteiger charge is -2.15. The van der Waals surface area contributed by atoms with Gasteiger partial charge in [0.05, 0.1) is 15.5 Å². The highest BCUT2D eigenvalue weighted by Crippen LogP contribution is 2.23. The molecule has 0 amide bonds. The largest absolute Gasteiger partial charge is 0.451 e. The van der Waals surface area contributed by atoms with Crippen molar-refractivity contribution in [3.8, 4) is 0 Å². The summed E-state index contributed by atoms with van der Waals surface area (Å²) in [6.45, 7) is 1.36. The maximum atomic E-state index is 13.0. The van der Waals surface area contributed by atoms with E-state index in [1.807, 2.05) is 0 Å². The minimum atomic E-state index is -3.78. The highest BCUT2D eigenvalue weighted by Gasteiger charge is 2.24. The normalized spacial score (nSPS) is 12.7. The second kappa shape index (κ2) is 8.16. The van der Waals surface area contributed by atoms with Crippen molar-refractivity contribution >= 4 is 33.4 Å². The summed E-state index contributed by atoms with van der Waals surface area (Å²) in [6, 6.07) is 8.42. The van der Waals surface area contributed by atoms with Gasteiger partial charge >= 0.3 is 5.97 Å². The molecule has 6 nitrogen and oxygen atoms in total. The van der Waals surface area contributed by atoms with Crippen molar-refractivity contribution in [3.63, 3.8) is 0 Å². The molecule has 0 unspecified atom stereocenters. The Labute approximate surface area is 161 Å². The Morgan fingerprint density at radius 2 is 1.70 bits per heavy atom. The number of carbonyl (C=O) groups excluding carboxylic acids is 2. The SMILES string of the molecule is C[C@@H](OC(=O)c1cc(S(=O)(=O)N(C)C)ccc1Cl)C(=O)c1ccc(F)cc1. The summed E-state index contributed by atoms with van der Waals surface area (Å²) in [6.07, 6.45) is -1.17. The molecular formula is C18H17ClFNO5S. The van der Waals surface area contributed by atoms with E-state index in [1.54, 1.807) is 0 Å². The van der Waals surface area contributed by atoms with Crippen LogP contribution in [0, 0.1) is 5.82 Å². The van der Waals surface area contributed by atoms with Gasteiger partial charge in [-0.15, -0.1) is 0 Å². The summed E-state index contributed by atoms with van der Waals surface area (Å²) < 4.78 is 43.5. The maximum Gasteiger partial charge on any atom is 0.340 e. The summed E-state index contributed by atoms with van der Waals surface area (Å²) in [5.74, 6) is -1.97. The molecule has 0 saturated heterocycles. The summed E-state index contributed by atoms with van der Waals surface area (Å²) in [5, 5.41) is -0.0147. The molecule has 2 aromatic carbocycles. The number of halogens is 2. The molecule has 0 radical (unpaired) electrons. The fourth-order valence-corrected chi connectivity index (χ4v) is 3.28. The van der Waals surface area contributed by atoms with Gasteiger partial charge in [-0.25, -0.2) is 21.9 Å². The number of hydrogen-bond donors (Lipinski definition) is 0. The molecule has 0 aliphatic rings. The third kappa shape index (κ3) is 4.71. The van der Waals surface area contributed by atoms with Gasteiger partial charge in [0.15, 0.2) is 6.10 Å². The van der Waals surface area contributed by atoms with Crippen molar-refractivity contribution in [2.24, 2.45) is 0 Å². The van der Waals surface area contributed by atoms with E-state index in [0.717, 1.165) is 22.5 Å². The van der Waals surface area contributed by atoms with Gasteiger partial charge in [-0.2, -0.15) is 0 Å². The van der Waals surface area contributed by atoms with E-state index in [9.17, 15) is 22.4 Å². The van der Waals surface area contributed by atoms with Crippen LogP contribution < -0.4 is 0 Å². The van der Waals surface area contributed by atoms with E-state index in [1.165, 1.54) is 45.3 Å². The van der Waals surface area contributed by atoms with Gasteiger partial charge in [0.25, 0.3) is 0 Å². The zero-order valence-electron chi connectivity index (χ0n) is 14.8. The van der Waals surface area contributed by atoms with Crippen LogP contribution in [-0.4, -0.2) is 44.7 Å². The number of benzene rings is 2. The molecule has 0 bridgehead atoms. The monoisotopic (exact) mass is 413 g/mol. The molecule has 0 N–H and O–H groups in total. The van der Waals surface area contributed by atoms with E-state index in [-0.39, 0.29) is 21.0 Å². The Kier molecular flexibility index (Phi) is 6.35. The molecule has 2 aromatic rings. The zero-order valence-corrected chi connectivity index (χ0v) is 16.3. The number of hydrogen-bond acceptors (Lipinski definition) is 5. The predicted octanol–water partition coefficient (Wildman–Crippen LogP) is 3.16. The average molecular weight is 414 g/mol. The Balaban J connectivity index is 2.25. The van der Waals surface area contributed by atoms with Crippen LogP contribution in [0.4, 0.5) is 4.39 Å². The Bertz CT molecular complexity index is 974. The molecule has 9 heteroatoms. The van der Waals surface area contributed by atoms with Crippen molar-refractivity contribution < 1.29 is 27.1 Å². The van der Waals surface area contributed by atoms with Crippen LogP contribution >= 0.6 is 11.6 Å². The molecule has 0 saturated carbocycles. The number of ether oxygens (including phenoxy) is 1. The average Bonchev–Trinajstić information content (AvgIpc) is 2.61. The summed E-state index contributed by atoms with van der Waals surface area (Å²) in [5.41, 5.74) is -0.00918. The van der Waals surface area contributed by atoms with Crippen LogP contribution in [0.15, 0.2) is 47.4 Å². The van der Waals surface area contributed by atoms with Gasteiger partial charge in [0.1, 0.15) is 5.82 Å². The number of Topliss-reactive ketones (excluding diaryl/α,β-unsaturated/α-hetero) is 1. The highest BCUT2D eigenvalue weighted by atomic mass is 35.5. The molecule has 0 aliphatic heterocycles. The van der Waals surface area contributed by atoms with Crippen LogP contribution in [0.25, 0.3) is 0 Å². The molecule has 0 fully saturated rings. The van der Waals surface area contributed by atoms with Gasteiger partial charge in [0.2, 0.25) is 15.8 Å². The van der Waals surface area contributed by atoms with Crippen LogP contribution in [0.1, 0.15) is 27.6 Å². The summed E-state index contributed by atoms with van der Waals surface area (Å²) >= 11 is 5.98. The third-order valence-corrected chi connectivity index (χ3v) is 5.86. The Morgan fingerprint density at radius 1 is 1.11 bits per heavy atom. The second-order valence-corrected chi connectivity index (χ2v) is 8.41. The van der Waals surface area contributed by atoms with E-state index in [4.69, 9.17) is 16.3 Å². The standard InChI is InChI=1S/C18H17ClFNO5S/c1-11(17(22)12-4-6-13(20)7-5-12)26-18(23)15-10-14(8-9-16(15)19)27(24,25)21(2)3/h4-11H,1-3H3/t11-/m1/s1. The lowest BCUT2D eigenvalue weighted by Crippen LogP contribution is -2.25. The Morgan fingerprint density at radius 3 is 2.26 bits per heavy atom. The van der Waals surface area contributed by atoms with Crippen molar-refractivity contribution in [1.29, 1.82) is 0 Å². The van der Waals surface area contributed by atoms with Gasteiger partial charge in [-0.1, -0.05) is 11.6 Å². The van der Waals surface area contributed by atoms with Crippen LogP contribution in [0.3, 0.4) is 0 Å². The van der Waals surface area contributed by atoms with Crippen LogP contribution in [0.5, 0.6) is 0 Å². The lowest BCUT2D eigenvalue weighted by atomic mass is 10.1. The molecule has 144 valence electrons. The van der Waals surface area contributed by atoms with Crippen molar-refractivity contribution in [2.75, 3.05) is 14.1 Å². The van der Waals surface area contributed by atoms with E-state index in [0.29, 0.717) is 0 Å². The minimum Gasteiger partial charge on any atom is -0.451 e. The molecule has 27 heavy (non-hydrogen) atoms. The fraction of sp³-hybridized carbons (Fsp3) is 0.222. The lowest BCUT2D eigenvalue weighted by molar-refractivity contribution is 0.0318. The van der Waals surface area contributed by atoms with Crippen LogP contribution in [-0.2, 0) is 14.8 Å². The molecule has 0 spiro atoms. The van der Waals surface area contributed by atoms with Gasteiger partial charge < -0.3 is 4.74 Å². The number of carbonyl (C=O) groups is 2. The first-order chi connectivity index (χ1) is 12.5. The number of sulfonamides is 1. The Hall–Kier alpha value is -2.29. The van der Waals surface area contributed by atoms with Crippen molar-refractivity contribution in [1.82, 2.24) is 4.31 Å². The molecular weight excluding hydrogens is 397 g/mol. The number of rotatable bonds is 6. The first-order valence-corrected chi connectivity index (χ1v) is 9.58. The van der Waals surface area contributed by atoms with E-state index < -0.39 is 33.7 Å². The fourth-order valence-electron chi connectivity index (χ4n) is 2.16. The summed E-state index contributed by atoms with van der Waals surface area (Å²) in [7, 11) is -1.07. The van der Waals surface area contributed by atoms with Crippen LogP contribution in [0.2, 0.25) is 5.02 Å². The maximum absolute atomic E-state index is 13.0. The van der Waals surface area contributed by atoms with E-state index in [2.05, 4.69) is 0 Å². The quantitative estimate of drug-likeness (QED) is 0.536. The molecule has 0 aliphatic carbocycles. The molecule has 2 rings (SSSR count). The molecule has 0 heterocycles. The second-order valence-electron chi connectivity index (χ2n) is 5.85. The van der Waals surface area contributed by atoms with E-state index >= 15 is 0 Å². The number of nitrogens with zero attached hydrogens (tertiary/aromatic N) is 1. The van der Waals surface area contributed by atoms with Gasteiger partial charge in [0, 0.05) is 19.7 Å². The zero-order chi connectivity index (χ0) is 20.4. The third-order valence-electron chi connectivity index (χ3n) is 3.72. The van der Waals surface area contributed by atoms with Gasteiger partial charge in [-0.3, -0.25) is 4.79 Å². The topological polar surface area (TPSA) is 80.8 Å². The van der Waals surface area contributed by atoms with Crippen molar-refractivity contribution in [2.45, 2.75) is 17.9 Å². The smallest absolute Gasteiger partial charge is 0.340 e. The number of esters is 1. The number of ketones is 1. The van der Waals surface area contributed by atoms with Crippen molar-refractivity contribution in [3.05, 3.63) is 64.4 Å². The predicted molar refractivity (Wildman–Crippen MR) is 97.9 cm³/mol. The van der Waals surface area contributed by atoms with Gasteiger partial charge in [-0.05, 0) is 49.4 Å². The minimum absolute atomic E-state index is 0.0147. The first-order valence-electron chi connectivity index (χ1n) is 7.77.